The molecular formula is C28H27F3N4O2. The van der Waals surface area contributed by atoms with Crippen LogP contribution in [0.2, 0.25) is 0 Å². The SMILES string of the molecule is CC1=C(NC(=O)c2cc(C(N)=O)nc3ccccc23)C(C(F)(F)F)=NCCC1CCc1ccccc1C. The highest BCUT2D eigenvalue weighted by Gasteiger charge is 2.41. The average Bonchev–Trinajstić information content (AvgIpc) is 3.01. The summed E-state index contributed by atoms with van der Waals surface area (Å²) in [5, 5.41) is 2.88. The number of amides is 2. The Bertz CT molecular complexity index is 1430. The van der Waals surface area contributed by atoms with E-state index in [0.29, 0.717) is 35.7 Å². The lowest BCUT2D eigenvalue weighted by Gasteiger charge is -2.21. The third-order valence-electron chi connectivity index (χ3n) is 6.73. The van der Waals surface area contributed by atoms with E-state index in [1.54, 1.807) is 31.2 Å². The summed E-state index contributed by atoms with van der Waals surface area (Å²) in [6, 6.07) is 15.6. The third kappa shape index (κ3) is 5.71. The van der Waals surface area contributed by atoms with Crippen LogP contribution in [-0.2, 0) is 6.42 Å². The maximum absolute atomic E-state index is 14.1. The fourth-order valence-corrected chi connectivity index (χ4v) is 4.66. The first-order chi connectivity index (χ1) is 17.6. The van der Waals surface area contributed by atoms with E-state index in [-0.39, 0.29) is 29.4 Å². The Morgan fingerprint density at radius 3 is 2.49 bits per heavy atom. The highest BCUT2D eigenvalue weighted by Crippen LogP contribution is 2.32. The van der Waals surface area contributed by atoms with Gasteiger partial charge in [-0.05, 0) is 67.9 Å². The summed E-state index contributed by atoms with van der Waals surface area (Å²) in [5.74, 6) is -1.86. The molecule has 2 amide bonds. The number of fused-ring (bicyclic) bond motifs is 1. The number of rotatable bonds is 6. The maximum atomic E-state index is 14.1. The van der Waals surface area contributed by atoms with Gasteiger partial charge in [0.15, 0.2) is 5.71 Å². The molecule has 3 N–H and O–H groups in total. The largest absolute Gasteiger partial charge is 0.434 e. The Morgan fingerprint density at radius 1 is 1.08 bits per heavy atom. The molecule has 1 unspecified atom stereocenters. The number of pyridine rings is 1. The number of aromatic nitrogens is 1. The molecule has 3 aromatic rings. The summed E-state index contributed by atoms with van der Waals surface area (Å²) >= 11 is 0. The summed E-state index contributed by atoms with van der Waals surface area (Å²) in [6.45, 7) is 3.61. The van der Waals surface area contributed by atoms with Gasteiger partial charge in [-0.2, -0.15) is 13.2 Å². The van der Waals surface area contributed by atoms with Gasteiger partial charge in [0.1, 0.15) is 5.69 Å². The number of hydrogen-bond donors (Lipinski definition) is 2. The number of nitrogens with two attached hydrogens (primary N) is 1. The minimum absolute atomic E-state index is 0.00179. The summed E-state index contributed by atoms with van der Waals surface area (Å²) < 4.78 is 42.2. The molecule has 0 bridgehead atoms. The highest BCUT2D eigenvalue weighted by atomic mass is 19.4. The second-order valence-electron chi connectivity index (χ2n) is 9.13. The lowest BCUT2D eigenvalue weighted by atomic mass is 9.88. The van der Waals surface area contributed by atoms with E-state index in [0.717, 1.165) is 11.1 Å². The smallest absolute Gasteiger partial charge is 0.364 e. The Morgan fingerprint density at radius 2 is 1.78 bits per heavy atom. The second-order valence-corrected chi connectivity index (χ2v) is 9.13. The number of primary amides is 1. The van der Waals surface area contributed by atoms with Crippen molar-refractivity contribution in [2.45, 2.75) is 39.3 Å². The zero-order valence-corrected chi connectivity index (χ0v) is 20.5. The van der Waals surface area contributed by atoms with Crippen molar-refractivity contribution < 1.29 is 22.8 Å². The quantitative estimate of drug-likeness (QED) is 0.473. The van der Waals surface area contributed by atoms with E-state index in [2.05, 4.69) is 15.3 Å². The van der Waals surface area contributed by atoms with Gasteiger partial charge in [-0.15, -0.1) is 0 Å². The zero-order chi connectivity index (χ0) is 26.7. The molecule has 37 heavy (non-hydrogen) atoms. The van der Waals surface area contributed by atoms with Crippen molar-refractivity contribution in [3.05, 3.63) is 88.3 Å². The van der Waals surface area contributed by atoms with Crippen LogP contribution in [0.3, 0.4) is 0 Å². The number of carbonyl (C=O) groups is 2. The van der Waals surface area contributed by atoms with Crippen LogP contribution >= 0.6 is 0 Å². The standard InChI is InChI=1S/C28H27F3N4O2/c1-16-7-3-4-8-18(16)11-12-19-13-14-33-25(28(29,30)31)24(17(19)2)35-27(37)21-15-23(26(32)36)34-22-10-6-5-9-20(21)22/h3-10,15,19H,11-14H2,1-2H3,(H2,32,36)(H,35,37). The summed E-state index contributed by atoms with van der Waals surface area (Å²) in [7, 11) is 0. The van der Waals surface area contributed by atoms with Crippen molar-refractivity contribution in [2.24, 2.45) is 16.6 Å². The second kappa shape index (κ2) is 10.5. The molecule has 192 valence electrons. The summed E-state index contributed by atoms with van der Waals surface area (Å²) in [6.07, 6.45) is -3.02. The van der Waals surface area contributed by atoms with Crippen LogP contribution in [-0.4, -0.2) is 35.2 Å². The van der Waals surface area contributed by atoms with Crippen molar-refractivity contribution in [2.75, 3.05) is 6.54 Å². The lowest BCUT2D eigenvalue weighted by molar-refractivity contribution is -0.0586. The number of aryl methyl sites for hydroxylation is 2. The Hall–Kier alpha value is -4.01. The Balaban J connectivity index is 1.73. The Labute approximate surface area is 212 Å². The zero-order valence-electron chi connectivity index (χ0n) is 20.5. The topological polar surface area (TPSA) is 97.4 Å². The van der Waals surface area contributed by atoms with E-state index >= 15 is 0 Å². The number of nitrogens with one attached hydrogen (secondary N) is 1. The molecule has 1 aliphatic heterocycles. The molecule has 0 saturated carbocycles. The highest BCUT2D eigenvalue weighted by molar-refractivity contribution is 6.13. The van der Waals surface area contributed by atoms with Crippen LogP contribution in [0, 0.1) is 12.8 Å². The van der Waals surface area contributed by atoms with Crippen LogP contribution in [0.4, 0.5) is 13.2 Å². The lowest BCUT2D eigenvalue weighted by Crippen LogP contribution is -2.36. The first kappa shape index (κ1) is 26.1. The fourth-order valence-electron chi connectivity index (χ4n) is 4.66. The molecule has 1 atom stereocenters. The van der Waals surface area contributed by atoms with Gasteiger partial charge in [-0.25, -0.2) is 4.98 Å². The van der Waals surface area contributed by atoms with Crippen molar-refractivity contribution in [3.63, 3.8) is 0 Å². The number of alkyl halides is 3. The number of aliphatic imine (C=N–C) groups is 1. The number of allylic oxidation sites excluding steroid dienone is 2. The van der Waals surface area contributed by atoms with Crippen LogP contribution in [0.5, 0.6) is 0 Å². The minimum atomic E-state index is -4.76. The number of benzene rings is 2. The number of halogens is 3. The maximum Gasteiger partial charge on any atom is 0.434 e. The molecule has 6 nitrogen and oxygen atoms in total. The molecule has 1 aromatic heterocycles. The fraction of sp³-hybridized carbons (Fsp3) is 0.286. The molecule has 9 heteroatoms. The number of para-hydroxylation sites is 1. The van der Waals surface area contributed by atoms with E-state index in [9.17, 15) is 22.8 Å². The van der Waals surface area contributed by atoms with Crippen LogP contribution in [0.1, 0.15) is 51.7 Å². The third-order valence-corrected chi connectivity index (χ3v) is 6.73. The first-order valence-corrected chi connectivity index (χ1v) is 11.9. The van der Waals surface area contributed by atoms with Gasteiger partial charge in [0.05, 0.1) is 16.8 Å². The summed E-state index contributed by atoms with van der Waals surface area (Å²) in [4.78, 5) is 33.2. The Kier molecular flexibility index (Phi) is 7.42. The molecule has 0 fully saturated rings. The molecule has 0 radical (unpaired) electrons. The molecule has 0 spiro atoms. The van der Waals surface area contributed by atoms with Gasteiger partial charge in [0, 0.05) is 11.9 Å². The molecule has 1 aliphatic rings. The van der Waals surface area contributed by atoms with Crippen molar-refractivity contribution >= 4 is 28.4 Å². The van der Waals surface area contributed by atoms with Crippen LogP contribution < -0.4 is 11.1 Å². The molecule has 4 rings (SSSR count). The van der Waals surface area contributed by atoms with E-state index in [1.165, 1.54) is 6.07 Å². The number of carbonyl (C=O) groups excluding carboxylic acids is 2. The monoisotopic (exact) mass is 508 g/mol. The minimum Gasteiger partial charge on any atom is -0.364 e. The predicted octanol–water partition coefficient (Wildman–Crippen LogP) is 5.30. The average molecular weight is 509 g/mol. The van der Waals surface area contributed by atoms with Gasteiger partial charge in [-0.1, -0.05) is 42.5 Å². The predicted molar refractivity (Wildman–Crippen MR) is 136 cm³/mol. The van der Waals surface area contributed by atoms with Gasteiger partial charge in [-0.3, -0.25) is 14.6 Å². The van der Waals surface area contributed by atoms with E-state index in [1.807, 2.05) is 31.2 Å². The first-order valence-electron chi connectivity index (χ1n) is 11.9. The van der Waals surface area contributed by atoms with Crippen LogP contribution in [0.25, 0.3) is 10.9 Å². The summed E-state index contributed by atoms with van der Waals surface area (Å²) in [5.41, 5.74) is 6.78. The van der Waals surface area contributed by atoms with Crippen LogP contribution in [0.15, 0.2) is 70.9 Å². The van der Waals surface area contributed by atoms with Gasteiger partial charge >= 0.3 is 6.18 Å². The molecular weight excluding hydrogens is 481 g/mol. The van der Waals surface area contributed by atoms with Gasteiger partial charge in [0.25, 0.3) is 11.8 Å². The van der Waals surface area contributed by atoms with Gasteiger partial charge in [0.2, 0.25) is 0 Å². The van der Waals surface area contributed by atoms with E-state index < -0.39 is 23.7 Å². The van der Waals surface area contributed by atoms with Crippen molar-refractivity contribution in [1.82, 2.24) is 10.3 Å². The molecule has 2 aromatic carbocycles. The van der Waals surface area contributed by atoms with E-state index in [4.69, 9.17) is 5.73 Å². The number of nitrogens with zero attached hydrogens (tertiary/aromatic N) is 2. The molecule has 0 saturated heterocycles. The van der Waals surface area contributed by atoms with Crippen molar-refractivity contribution in [1.29, 1.82) is 0 Å². The molecule has 0 aliphatic carbocycles. The van der Waals surface area contributed by atoms with Gasteiger partial charge < -0.3 is 11.1 Å². The molecule has 2 heterocycles. The van der Waals surface area contributed by atoms with Crippen molar-refractivity contribution in [3.8, 4) is 0 Å². The number of hydrogen-bond acceptors (Lipinski definition) is 4. The normalized spacial score (nSPS) is 16.4.